The Morgan fingerprint density at radius 3 is 2.15 bits per heavy atom. The normalized spacial score (nSPS) is 12.2. The third-order valence-electron chi connectivity index (χ3n) is 6.78. The van der Waals surface area contributed by atoms with Gasteiger partial charge in [-0.3, -0.25) is 13.9 Å². The number of aryl methyl sites for hydroxylation is 3. The lowest BCUT2D eigenvalue weighted by molar-refractivity contribution is -0.140. The van der Waals surface area contributed by atoms with E-state index in [4.69, 9.17) is 0 Å². The maximum atomic E-state index is 14.2. The molecule has 0 saturated heterocycles. The smallest absolute Gasteiger partial charge is 0.264 e. The maximum absolute atomic E-state index is 14.2. The van der Waals surface area contributed by atoms with Gasteiger partial charge in [0.05, 0.1) is 10.6 Å². The molecule has 40 heavy (non-hydrogen) atoms. The van der Waals surface area contributed by atoms with Gasteiger partial charge in [-0.05, 0) is 69.9 Å². The molecule has 3 rings (SSSR count). The Bertz CT molecular complexity index is 1420. The second kappa shape index (κ2) is 13.6. The molecule has 214 valence electrons. The summed E-state index contributed by atoms with van der Waals surface area (Å²) < 4.78 is 29.3. The van der Waals surface area contributed by atoms with E-state index in [2.05, 4.69) is 5.32 Å². The van der Waals surface area contributed by atoms with E-state index in [0.717, 1.165) is 22.3 Å². The summed E-state index contributed by atoms with van der Waals surface area (Å²) in [6, 6.07) is 20.7. The molecule has 0 heterocycles. The van der Waals surface area contributed by atoms with Crippen molar-refractivity contribution in [2.24, 2.45) is 0 Å². The maximum Gasteiger partial charge on any atom is 0.264 e. The number of hydrogen-bond donors (Lipinski definition) is 1. The van der Waals surface area contributed by atoms with Gasteiger partial charge in [0, 0.05) is 12.6 Å². The van der Waals surface area contributed by atoms with Gasteiger partial charge in [0.15, 0.2) is 0 Å². The monoisotopic (exact) mass is 563 g/mol. The molecule has 0 spiro atoms. The van der Waals surface area contributed by atoms with Crippen LogP contribution in [0.1, 0.15) is 56.4 Å². The van der Waals surface area contributed by atoms with Crippen LogP contribution in [-0.2, 0) is 32.6 Å². The molecule has 0 aliphatic rings. The largest absolute Gasteiger partial charge is 0.352 e. The van der Waals surface area contributed by atoms with Crippen LogP contribution < -0.4 is 9.62 Å². The Morgan fingerprint density at radius 2 is 1.55 bits per heavy atom. The molecule has 0 aliphatic carbocycles. The van der Waals surface area contributed by atoms with Crippen molar-refractivity contribution in [3.63, 3.8) is 0 Å². The second-order valence-electron chi connectivity index (χ2n) is 10.4. The average molecular weight is 564 g/mol. The number of anilines is 1. The molecule has 3 aromatic rings. The fourth-order valence-electron chi connectivity index (χ4n) is 4.71. The number of nitrogens with zero attached hydrogens (tertiary/aromatic N) is 2. The third kappa shape index (κ3) is 7.50. The summed E-state index contributed by atoms with van der Waals surface area (Å²) in [6.45, 7) is 11.1. The lowest BCUT2D eigenvalue weighted by Gasteiger charge is -2.34. The number of rotatable bonds is 12. The van der Waals surface area contributed by atoms with E-state index in [1.165, 1.54) is 9.21 Å². The van der Waals surface area contributed by atoms with E-state index in [9.17, 15) is 18.0 Å². The first kappa shape index (κ1) is 30.9. The molecule has 8 heteroatoms. The average Bonchev–Trinajstić information content (AvgIpc) is 2.91. The van der Waals surface area contributed by atoms with Crippen LogP contribution in [0.15, 0.2) is 77.7 Å². The molecule has 2 amide bonds. The summed E-state index contributed by atoms with van der Waals surface area (Å²) in [6.07, 6.45) is 0.970. The Balaban J connectivity index is 2.10. The minimum atomic E-state index is -4.10. The zero-order chi connectivity index (χ0) is 29.4. The Kier molecular flexibility index (Phi) is 10.5. The van der Waals surface area contributed by atoms with Gasteiger partial charge in [-0.1, -0.05) is 79.6 Å². The number of amides is 2. The van der Waals surface area contributed by atoms with Gasteiger partial charge in [-0.2, -0.15) is 0 Å². The van der Waals surface area contributed by atoms with Crippen molar-refractivity contribution >= 4 is 27.5 Å². The van der Waals surface area contributed by atoms with Crippen molar-refractivity contribution in [2.45, 2.75) is 77.9 Å². The van der Waals surface area contributed by atoms with E-state index in [1.54, 1.807) is 36.4 Å². The molecular weight excluding hydrogens is 522 g/mol. The SMILES string of the molecule is CCc1ccccc1N(CC(=O)N(Cc1cccc(C)c1)C(CC)C(=O)NC(C)C)S(=O)(=O)c1ccc(C)cc1. The van der Waals surface area contributed by atoms with E-state index in [1.807, 2.05) is 77.9 Å². The van der Waals surface area contributed by atoms with Gasteiger partial charge in [0.2, 0.25) is 11.8 Å². The number of carbonyl (C=O) groups is 2. The van der Waals surface area contributed by atoms with Crippen LogP contribution >= 0.6 is 0 Å². The van der Waals surface area contributed by atoms with Crippen molar-refractivity contribution < 1.29 is 18.0 Å². The topological polar surface area (TPSA) is 86.8 Å². The molecule has 7 nitrogen and oxygen atoms in total. The van der Waals surface area contributed by atoms with Gasteiger partial charge in [0.25, 0.3) is 10.0 Å². The molecule has 1 atom stereocenters. The third-order valence-corrected chi connectivity index (χ3v) is 8.56. The summed E-state index contributed by atoms with van der Waals surface area (Å²) >= 11 is 0. The lowest BCUT2D eigenvalue weighted by atomic mass is 10.1. The zero-order valence-corrected chi connectivity index (χ0v) is 25.2. The highest BCUT2D eigenvalue weighted by atomic mass is 32.2. The van der Waals surface area contributed by atoms with Crippen LogP contribution in [0.5, 0.6) is 0 Å². The van der Waals surface area contributed by atoms with Crippen LogP contribution in [0.4, 0.5) is 5.69 Å². The molecule has 1 unspecified atom stereocenters. The number of sulfonamides is 1. The highest BCUT2D eigenvalue weighted by Crippen LogP contribution is 2.28. The van der Waals surface area contributed by atoms with E-state index < -0.39 is 28.5 Å². The second-order valence-corrected chi connectivity index (χ2v) is 12.3. The van der Waals surface area contributed by atoms with Crippen molar-refractivity contribution in [1.82, 2.24) is 10.2 Å². The molecule has 0 bridgehead atoms. The molecule has 0 aliphatic heterocycles. The molecule has 0 saturated carbocycles. The molecular formula is C32H41N3O4S. The Labute approximate surface area is 239 Å². The summed E-state index contributed by atoms with van der Waals surface area (Å²) in [5.41, 5.74) is 4.09. The minimum Gasteiger partial charge on any atom is -0.352 e. The van der Waals surface area contributed by atoms with Crippen molar-refractivity contribution in [1.29, 1.82) is 0 Å². The van der Waals surface area contributed by atoms with E-state index in [-0.39, 0.29) is 23.4 Å². The van der Waals surface area contributed by atoms with Gasteiger partial charge >= 0.3 is 0 Å². The zero-order valence-electron chi connectivity index (χ0n) is 24.3. The van der Waals surface area contributed by atoms with Gasteiger partial charge in [-0.25, -0.2) is 8.42 Å². The highest BCUT2D eigenvalue weighted by Gasteiger charge is 2.34. The van der Waals surface area contributed by atoms with Gasteiger partial charge < -0.3 is 10.2 Å². The minimum absolute atomic E-state index is 0.103. The molecule has 0 fully saturated rings. The molecule has 3 aromatic carbocycles. The quantitative estimate of drug-likeness (QED) is 0.320. The lowest BCUT2D eigenvalue weighted by Crippen LogP contribution is -2.53. The van der Waals surface area contributed by atoms with Crippen LogP contribution in [0.3, 0.4) is 0 Å². The van der Waals surface area contributed by atoms with Gasteiger partial charge in [-0.15, -0.1) is 0 Å². The predicted molar refractivity (Wildman–Crippen MR) is 161 cm³/mol. The number of nitrogens with one attached hydrogen (secondary N) is 1. The first-order valence-corrected chi connectivity index (χ1v) is 15.2. The number of carbonyl (C=O) groups excluding carboxylic acids is 2. The van der Waals surface area contributed by atoms with Crippen LogP contribution in [0.2, 0.25) is 0 Å². The number of para-hydroxylation sites is 1. The standard InChI is InChI=1S/C32H41N3O4S/c1-7-27-14-9-10-15-30(27)35(40(38,39)28-18-16-24(5)17-19-28)22-31(36)34(21-26-13-11-12-25(6)20-26)29(8-2)32(37)33-23(3)4/h9-20,23,29H,7-8,21-22H2,1-6H3,(H,33,37). The van der Waals surface area contributed by atoms with Crippen molar-refractivity contribution in [3.05, 3.63) is 95.1 Å². The summed E-state index contributed by atoms with van der Waals surface area (Å²) in [5, 5.41) is 2.93. The Hall–Kier alpha value is -3.65. The van der Waals surface area contributed by atoms with E-state index in [0.29, 0.717) is 18.5 Å². The summed E-state index contributed by atoms with van der Waals surface area (Å²) in [5.74, 6) is -0.714. The first-order chi connectivity index (χ1) is 19.0. The summed E-state index contributed by atoms with van der Waals surface area (Å²) in [7, 11) is -4.10. The first-order valence-electron chi connectivity index (χ1n) is 13.8. The molecule has 0 aromatic heterocycles. The number of benzene rings is 3. The highest BCUT2D eigenvalue weighted by molar-refractivity contribution is 7.92. The van der Waals surface area contributed by atoms with Crippen molar-refractivity contribution in [3.8, 4) is 0 Å². The fraction of sp³-hybridized carbons (Fsp3) is 0.375. The molecule has 1 N–H and O–H groups in total. The van der Waals surface area contributed by atoms with Crippen LogP contribution in [-0.4, -0.2) is 43.8 Å². The summed E-state index contributed by atoms with van der Waals surface area (Å²) in [4.78, 5) is 29.1. The van der Waals surface area contributed by atoms with E-state index >= 15 is 0 Å². The Morgan fingerprint density at radius 1 is 0.875 bits per heavy atom. The van der Waals surface area contributed by atoms with Gasteiger partial charge in [0.1, 0.15) is 12.6 Å². The van der Waals surface area contributed by atoms with Crippen LogP contribution in [0.25, 0.3) is 0 Å². The molecule has 0 radical (unpaired) electrons. The fourth-order valence-corrected chi connectivity index (χ4v) is 6.16. The van der Waals surface area contributed by atoms with Crippen LogP contribution in [0, 0.1) is 13.8 Å². The van der Waals surface area contributed by atoms with Crippen molar-refractivity contribution in [2.75, 3.05) is 10.8 Å². The number of hydrogen-bond acceptors (Lipinski definition) is 4. The predicted octanol–water partition coefficient (Wildman–Crippen LogP) is 5.39.